The van der Waals surface area contributed by atoms with Gasteiger partial charge in [0.1, 0.15) is 0 Å². The molecule has 0 aliphatic heterocycles. The van der Waals surface area contributed by atoms with Crippen LogP contribution < -0.4 is 10.1 Å². The summed E-state index contributed by atoms with van der Waals surface area (Å²) in [6.45, 7) is 6.23. The van der Waals surface area contributed by atoms with Gasteiger partial charge in [-0.15, -0.1) is 0 Å². The maximum atomic E-state index is 12.0. The van der Waals surface area contributed by atoms with Gasteiger partial charge in [0.15, 0.2) is 0 Å². The van der Waals surface area contributed by atoms with E-state index in [4.69, 9.17) is 7.81 Å². The van der Waals surface area contributed by atoms with E-state index in [1.807, 2.05) is 6.07 Å². The molecule has 0 heterocycles. The van der Waals surface area contributed by atoms with E-state index in [9.17, 15) is 9.59 Å². The van der Waals surface area contributed by atoms with Crippen molar-refractivity contribution in [1.82, 2.24) is 0 Å². The maximum absolute atomic E-state index is 12.0. The first-order valence-electron chi connectivity index (χ1n) is 7.85. The molecule has 6 heteroatoms. The fourth-order valence-electron chi connectivity index (χ4n) is 2.28. The summed E-state index contributed by atoms with van der Waals surface area (Å²) in [7, 11) is 1.53. The number of carbonyl (C=O) groups is 2. The second-order valence-electron chi connectivity index (χ2n) is 5.19. The third kappa shape index (κ3) is 5.89. The number of amides is 1. The van der Waals surface area contributed by atoms with E-state index in [0.717, 1.165) is 13.3 Å². The van der Waals surface area contributed by atoms with Crippen molar-refractivity contribution in [2.75, 3.05) is 12.4 Å². The Morgan fingerprint density at radius 3 is 2.26 bits per heavy atom. The predicted molar refractivity (Wildman–Crippen MR) is 94.1 cm³/mol. The van der Waals surface area contributed by atoms with Crippen molar-refractivity contribution >= 4 is 36.4 Å². The van der Waals surface area contributed by atoms with Gasteiger partial charge in [-0.3, -0.25) is 0 Å². The zero-order valence-electron chi connectivity index (χ0n) is 14.2. The fraction of sp³-hybridized carbons (Fsp3) is 0.412. The van der Waals surface area contributed by atoms with E-state index in [1.54, 1.807) is 18.2 Å². The molecule has 23 heavy (non-hydrogen) atoms. The number of methoxy groups -OCH3 is 1. The normalized spacial score (nSPS) is 11.3. The molecule has 0 aromatic heterocycles. The summed E-state index contributed by atoms with van der Waals surface area (Å²) < 4.78 is 13.7. The molecular formula is C17H25NO4Sn. The summed E-state index contributed by atoms with van der Waals surface area (Å²) in [4.78, 5) is 23.9. The van der Waals surface area contributed by atoms with Gasteiger partial charge in [-0.2, -0.15) is 0 Å². The van der Waals surface area contributed by atoms with Gasteiger partial charge in [0.25, 0.3) is 0 Å². The summed E-state index contributed by atoms with van der Waals surface area (Å²) in [6, 6.07) is 7.09. The first kappa shape index (κ1) is 19.5. The van der Waals surface area contributed by atoms with Crippen LogP contribution in [0.5, 0.6) is 5.75 Å². The Bertz CT molecular complexity index is 559. The van der Waals surface area contributed by atoms with Crippen molar-refractivity contribution in [2.45, 2.75) is 34.1 Å². The molecule has 0 saturated carbocycles. The van der Waals surface area contributed by atoms with Gasteiger partial charge in [0.05, 0.1) is 0 Å². The molecule has 0 aliphatic rings. The molecule has 0 unspecified atom stereocenters. The number of rotatable bonds is 8. The topological polar surface area (TPSA) is 64.6 Å². The first-order chi connectivity index (χ1) is 11.0. The van der Waals surface area contributed by atoms with E-state index in [1.165, 1.54) is 19.3 Å². The van der Waals surface area contributed by atoms with Gasteiger partial charge in [0.2, 0.25) is 0 Å². The Kier molecular flexibility index (Phi) is 8.15. The molecule has 1 rings (SSSR count). The number of hydrogen-bond acceptors (Lipinski definition) is 4. The van der Waals surface area contributed by atoms with Gasteiger partial charge in [-0.25, -0.2) is 0 Å². The molecule has 1 aromatic carbocycles. The number of ether oxygens (including phenoxy) is 1. The first-order valence-corrected chi connectivity index (χ1v) is 15.1. The SMILES string of the molecule is C[CH2][Sn]([CH2]C)([CH2]C)[O]C(=O)/C=C/C(=O)Nc1ccccc1OC. The molecule has 5 nitrogen and oxygen atoms in total. The molecule has 0 atom stereocenters. The number of nitrogens with one attached hydrogen (secondary N) is 1. The molecule has 1 N–H and O–H groups in total. The van der Waals surface area contributed by atoms with E-state index in [2.05, 4.69) is 26.1 Å². The monoisotopic (exact) mass is 427 g/mol. The van der Waals surface area contributed by atoms with E-state index in [0.29, 0.717) is 11.4 Å². The van der Waals surface area contributed by atoms with Crippen LogP contribution in [-0.2, 0) is 12.7 Å². The van der Waals surface area contributed by atoms with Crippen molar-refractivity contribution in [1.29, 1.82) is 0 Å². The Labute approximate surface area is 142 Å². The minimum atomic E-state index is -2.78. The second kappa shape index (κ2) is 9.60. The molecule has 126 valence electrons. The Hall–Kier alpha value is -1.50. The molecule has 0 aliphatic carbocycles. The molecule has 1 aromatic rings. The average Bonchev–Trinajstić information content (AvgIpc) is 2.58. The molecule has 1 amide bonds. The van der Waals surface area contributed by atoms with Crippen molar-refractivity contribution in [3.63, 3.8) is 0 Å². The van der Waals surface area contributed by atoms with E-state index < -0.39 is 30.7 Å². The fourth-order valence-corrected chi connectivity index (χ4v) is 9.21. The van der Waals surface area contributed by atoms with Crippen LogP contribution in [0.15, 0.2) is 36.4 Å². The van der Waals surface area contributed by atoms with Gasteiger partial charge < -0.3 is 0 Å². The van der Waals surface area contributed by atoms with Crippen LogP contribution in [0.25, 0.3) is 0 Å². The number of hydrogen-bond donors (Lipinski definition) is 1. The number of para-hydroxylation sites is 2. The van der Waals surface area contributed by atoms with Crippen LogP contribution in [0.4, 0.5) is 5.69 Å². The molecule has 0 saturated heterocycles. The molecule has 0 spiro atoms. The van der Waals surface area contributed by atoms with Crippen LogP contribution in [0.3, 0.4) is 0 Å². The standard InChI is InChI=1S/C11H11NO4.3C2H5.Sn/c1-16-9-5-3-2-4-8(9)12-10(13)6-7-11(14)15;3*1-2;/h2-7H,1H3,(H,12,13)(H,14,15);3*1H2,2H3;/q;;;;+1/p-1/b7-6+;;;;. The van der Waals surface area contributed by atoms with Gasteiger partial charge in [-0.1, -0.05) is 0 Å². The Balaban J connectivity index is 2.66. The van der Waals surface area contributed by atoms with Crippen LogP contribution in [0.1, 0.15) is 20.8 Å². The minimum absolute atomic E-state index is 0.392. The number of anilines is 1. The van der Waals surface area contributed by atoms with Crippen molar-refractivity contribution in [2.24, 2.45) is 0 Å². The summed E-state index contributed by atoms with van der Waals surface area (Å²) in [5, 5.41) is 2.68. The van der Waals surface area contributed by atoms with Crippen LogP contribution >= 0.6 is 0 Å². The van der Waals surface area contributed by atoms with Gasteiger partial charge >= 0.3 is 142 Å². The van der Waals surface area contributed by atoms with Gasteiger partial charge in [0, 0.05) is 0 Å². The van der Waals surface area contributed by atoms with Crippen LogP contribution in [0, 0.1) is 0 Å². The quantitative estimate of drug-likeness (QED) is 0.509. The average molecular weight is 426 g/mol. The van der Waals surface area contributed by atoms with Crippen LogP contribution in [-0.4, -0.2) is 37.8 Å². The molecule has 0 fully saturated rings. The third-order valence-electron chi connectivity index (χ3n) is 3.99. The summed E-state index contributed by atoms with van der Waals surface area (Å²) in [6.07, 6.45) is 2.41. The molecule has 0 radical (unpaired) electrons. The number of carbonyl (C=O) groups excluding carboxylic acids is 2. The molecular weight excluding hydrogens is 401 g/mol. The summed E-state index contributed by atoms with van der Waals surface area (Å²) in [5.41, 5.74) is 0.558. The summed E-state index contributed by atoms with van der Waals surface area (Å²) in [5.74, 6) is -0.242. The zero-order valence-corrected chi connectivity index (χ0v) is 17.1. The van der Waals surface area contributed by atoms with Crippen molar-refractivity contribution < 1.29 is 17.4 Å². The zero-order chi connectivity index (χ0) is 17.3. The Morgan fingerprint density at radius 2 is 1.70 bits per heavy atom. The van der Waals surface area contributed by atoms with E-state index >= 15 is 0 Å². The van der Waals surface area contributed by atoms with E-state index in [-0.39, 0.29) is 0 Å². The second-order valence-corrected chi connectivity index (χ2v) is 18.6. The summed E-state index contributed by atoms with van der Waals surface area (Å²) >= 11 is -2.78. The van der Waals surface area contributed by atoms with Crippen molar-refractivity contribution in [3.8, 4) is 5.75 Å². The predicted octanol–water partition coefficient (Wildman–Crippen LogP) is 3.74. The van der Waals surface area contributed by atoms with Gasteiger partial charge in [-0.05, 0) is 0 Å². The third-order valence-corrected chi connectivity index (χ3v) is 16.8. The Morgan fingerprint density at radius 1 is 1.09 bits per heavy atom. The molecule has 0 bridgehead atoms. The number of benzene rings is 1. The van der Waals surface area contributed by atoms with Crippen molar-refractivity contribution in [3.05, 3.63) is 36.4 Å². The van der Waals surface area contributed by atoms with Crippen LogP contribution in [0.2, 0.25) is 13.3 Å².